The first kappa shape index (κ1) is 36.7. The minimum Gasteiger partial charge on any atom is -0.482 e. The van der Waals surface area contributed by atoms with Gasteiger partial charge in [0.15, 0.2) is 11.5 Å². The molecular weight excluding hydrogens is 621 g/mol. The van der Waals surface area contributed by atoms with E-state index in [1.165, 1.54) is 19.3 Å². The Morgan fingerprint density at radius 1 is 0.739 bits per heavy atom. The van der Waals surface area contributed by atoms with E-state index in [9.17, 15) is 13.2 Å². The summed E-state index contributed by atoms with van der Waals surface area (Å²) in [6, 6.07) is 27.7. The van der Waals surface area contributed by atoms with Gasteiger partial charge in [0.2, 0.25) is 0 Å². The third-order valence-electron chi connectivity index (χ3n) is 6.30. The molecule has 0 spiro atoms. The lowest BCUT2D eigenvalue weighted by Gasteiger charge is -2.19. The molecule has 4 rings (SSSR count). The Labute approximate surface area is 277 Å². The van der Waals surface area contributed by atoms with Gasteiger partial charge in [-0.3, -0.25) is 4.18 Å². The van der Waals surface area contributed by atoms with Crippen molar-refractivity contribution in [3.05, 3.63) is 103 Å². The third kappa shape index (κ3) is 13.3. The van der Waals surface area contributed by atoms with Gasteiger partial charge in [-0.05, 0) is 75.7 Å². The number of carbonyl (C=O) groups excluding carboxylic acids is 1. The van der Waals surface area contributed by atoms with Crippen molar-refractivity contribution < 1.29 is 26.9 Å². The molecule has 46 heavy (non-hydrogen) atoms. The highest BCUT2D eigenvalue weighted by molar-refractivity contribution is 7.96. The van der Waals surface area contributed by atoms with Crippen LogP contribution in [0.5, 0.6) is 5.75 Å². The lowest BCUT2D eigenvalue weighted by atomic mass is 10.1. The number of benzene rings is 2. The molecule has 0 aliphatic rings. The molecule has 0 atom stereocenters. The maximum absolute atomic E-state index is 11.8. The highest BCUT2D eigenvalue weighted by Crippen LogP contribution is 2.29. The molecule has 2 aromatic carbocycles. The number of hydrogen-bond donors (Lipinski definition) is 0. The van der Waals surface area contributed by atoms with Gasteiger partial charge in [-0.25, -0.2) is 14.8 Å². The fraction of sp³-hybridized carbons (Fsp3) is 0.361. The second-order valence-electron chi connectivity index (χ2n) is 11.3. The number of esters is 1. The maximum Gasteiger partial charge on any atom is 0.344 e. The average molecular weight is 666 g/mol. The Morgan fingerprint density at radius 3 is 1.85 bits per heavy atom. The molecule has 2 aromatic heterocycles. The van der Waals surface area contributed by atoms with E-state index in [1.807, 2.05) is 81.4 Å². The van der Waals surface area contributed by atoms with Crippen LogP contribution >= 0.6 is 0 Å². The molecule has 8 nitrogen and oxygen atoms in total. The quantitative estimate of drug-likeness (QED) is 0.0544. The standard InChI is InChI=1S/C22H23N2O3S.C14H22O3S/c1-22(2,3)27-21(25)16-26-17-10-12-18(13-11-17)28(19-8-4-6-14-23-19)20-9-5-7-15-24-20;1-2-3-4-5-6-10-13-17-18(15,16)14-11-8-7-9-12-14/h4-15H,16H2,1-3H3;7-9,11-12H,2-6,10,13H2,1H3/q+1;. The highest BCUT2D eigenvalue weighted by atomic mass is 32.2. The zero-order valence-electron chi connectivity index (χ0n) is 27.1. The SMILES string of the molecule is CC(C)(C)OC(=O)COc1ccc([S+](c2ccccn2)c2ccccn2)cc1.CCCCCCCCOS(=O)(=O)c1ccccc1. The summed E-state index contributed by atoms with van der Waals surface area (Å²) in [6.07, 6.45) is 10.3. The Hall–Kier alpha value is -3.73. The molecule has 0 radical (unpaired) electrons. The lowest BCUT2D eigenvalue weighted by Crippen LogP contribution is -2.27. The molecule has 0 fully saturated rings. The molecule has 0 N–H and O–H groups in total. The summed E-state index contributed by atoms with van der Waals surface area (Å²) in [6.45, 7) is 7.82. The topological polar surface area (TPSA) is 105 Å². The number of pyridine rings is 2. The smallest absolute Gasteiger partial charge is 0.344 e. The van der Waals surface area contributed by atoms with Crippen LogP contribution in [0.2, 0.25) is 0 Å². The first-order valence-electron chi connectivity index (χ1n) is 15.5. The lowest BCUT2D eigenvalue weighted by molar-refractivity contribution is -0.157. The molecular formula is C36H45N2O6S2+. The predicted molar refractivity (Wildman–Crippen MR) is 181 cm³/mol. The molecule has 0 saturated heterocycles. The molecule has 246 valence electrons. The largest absolute Gasteiger partial charge is 0.482 e. The number of carbonyl (C=O) groups is 1. The first-order chi connectivity index (χ1) is 22.1. The van der Waals surface area contributed by atoms with Crippen LogP contribution in [0.3, 0.4) is 0 Å². The number of nitrogens with zero attached hydrogens (tertiary/aromatic N) is 2. The molecule has 0 saturated carbocycles. The van der Waals surface area contributed by atoms with Crippen molar-refractivity contribution in [2.24, 2.45) is 0 Å². The molecule has 0 bridgehead atoms. The van der Waals surface area contributed by atoms with Gasteiger partial charge in [-0.15, -0.1) is 0 Å². The Bertz CT molecular complexity index is 1490. The summed E-state index contributed by atoms with van der Waals surface area (Å²) in [5.41, 5.74) is -0.524. The van der Waals surface area contributed by atoms with Crippen LogP contribution in [0, 0.1) is 0 Å². The van der Waals surface area contributed by atoms with Crippen molar-refractivity contribution in [3.63, 3.8) is 0 Å². The Balaban J connectivity index is 0.000000277. The van der Waals surface area contributed by atoms with Crippen LogP contribution < -0.4 is 4.74 Å². The van der Waals surface area contributed by atoms with Gasteiger partial charge >= 0.3 is 5.97 Å². The number of ether oxygens (including phenoxy) is 2. The zero-order chi connectivity index (χ0) is 33.3. The van der Waals surface area contributed by atoms with Crippen LogP contribution in [0.15, 0.2) is 123 Å². The van der Waals surface area contributed by atoms with E-state index < -0.39 is 32.6 Å². The monoisotopic (exact) mass is 665 g/mol. The van der Waals surface area contributed by atoms with Crippen molar-refractivity contribution in [1.82, 2.24) is 9.97 Å². The number of unbranched alkanes of at least 4 members (excludes halogenated alkanes) is 5. The van der Waals surface area contributed by atoms with Crippen molar-refractivity contribution in [1.29, 1.82) is 0 Å². The number of aromatic nitrogens is 2. The normalized spacial score (nSPS) is 11.4. The fourth-order valence-corrected chi connectivity index (χ4v) is 7.01. The number of rotatable bonds is 15. The summed E-state index contributed by atoms with van der Waals surface area (Å²) >= 11 is 0. The van der Waals surface area contributed by atoms with Gasteiger partial charge in [0.25, 0.3) is 20.2 Å². The van der Waals surface area contributed by atoms with Crippen LogP contribution in [0.4, 0.5) is 0 Å². The minimum atomic E-state index is -3.56. The number of hydrogen-bond acceptors (Lipinski definition) is 8. The van der Waals surface area contributed by atoms with E-state index in [0.29, 0.717) is 5.75 Å². The molecule has 10 heteroatoms. The second kappa shape index (κ2) is 19.1. The van der Waals surface area contributed by atoms with Gasteiger partial charge in [0, 0.05) is 24.5 Å². The molecule has 0 aliphatic carbocycles. The van der Waals surface area contributed by atoms with Gasteiger partial charge in [-0.1, -0.05) is 69.4 Å². The van der Waals surface area contributed by atoms with E-state index in [2.05, 4.69) is 16.9 Å². The highest BCUT2D eigenvalue weighted by Gasteiger charge is 2.31. The van der Waals surface area contributed by atoms with Crippen LogP contribution in [0.25, 0.3) is 0 Å². The first-order valence-corrected chi connectivity index (χ1v) is 18.2. The van der Waals surface area contributed by atoms with Crippen LogP contribution in [0.1, 0.15) is 66.2 Å². The zero-order valence-corrected chi connectivity index (χ0v) is 28.8. The van der Waals surface area contributed by atoms with E-state index in [1.54, 1.807) is 42.7 Å². The Kier molecular flexibility index (Phi) is 15.2. The van der Waals surface area contributed by atoms with Crippen molar-refractivity contribution in [2.75, 3.05) is 13.2 Å². The van der Waals surface area contributed by atoms with Gasteiger partial charge < -0.3 is 9.47 Å². The van der Waals surface area contributed by atoms with Crippen molar-refractivity contribution in [2.45, 2.75) is 91.7 Å². The van der Waals surface area contributed by atoms with E-state index in [0.717, 1.165) is 34.2 Å². The van der Waals surface area contributed by atoms with Gasteiger partial charge in [-0.2, -0.15) is 8.42 Å². The summed E-state index contributed by atoms with van der Waals surface area (Å²) < 4.78 is 39.3. The van der Waals surface area contributed by atoms with Gasteiger partial charge in [0.05, 0.1) is 11.5 Å². The fourth-order valence-electron chi connectivity index (χ4n) is 4.18. The molecule has 4 aromatic rings. The summed E-state index contributed by atoms with van der Waals surface area (Å²) in [7, 11) is -3.98. The molecule has 0 aliphatic heterocycles. The molecule has 2 heterocycles. The second-order valence-corrected chi connectivity index (χ2v) is 14.9. The molecule has 0 unspecified atom stereocenters. The van der Waals surface area contributed by atoms with E-state index >= 15 is 0 Å². The third-order valence-corrected chi connectivity index (χ3v) is 9.69. The van der Waals surface area contributed by atoms with Gasteiger partial charge in [0.1, 0.15) is 22.2 Å². The predicted octanol–water partition coefficient (Wildman–Crippen LogP) is 8.04. The maximum atomic E-state index is 11.8. The van der Waals surface area contributed by atoms with Crippen LogP contribution in [-0.2, 0) is 34.7 Å². The van der Waals surface area contributed by atoms with Crippen LogP contribution in [-0.4, -0.2) is 43.2 Å². The van der Waals surface area contributed by atoms with Crippen molar-refractivity contribution >= 4 is 27.0 Å². The van der Waals surface area contributed by atoms with Crippen molar-refractivity contribution in [3.8, 4) is 5.75 Å². The summed E-state index contributed by atoms with van der Waals surface area (Å²) in [4.78, 5) is 22.2. The van der Waals surface area contributed by atoms with E-state index in [-0.39, 0.29) is 18.1 Å². The summed E-state index contributed by atoms with van der Waals surface area (Å²) in [5.74, 6) is 0.221. The average Bonchev–Trinajstić information content (AvgIpc) is 3.05. The van der Waals surface area contributed by atoms with E-state index in [4.69, 9.17) is 13.7 Å². The minimum absolute atomic E-state index is 0.122. The molecule has 0 amide bonds. The summed E-state index contributed by atoms with van der Waals surface area (Å²) in [5, 5.41) is 1.90. The Morgan fingerprint density at radius 2 is 1.30 bits per heavy atom.